The molecule has 0 N–H and O–H groups in total. The second kappa shape index (κ2) is 3.38. The van der Waals surface area contributed by atoms with E-state index in [1.54, 1.807) is 0 Å². The molecule has 2 rings (SSSR count). The zero-order valence-corrected chi connectivity index (χ0v) is 9.56. The summed E-state index contributed by atoms with van der Waals surface area (Å²) in [7, 11) is 0. The van der Waals surface area contributed by atoms with Gasteiger partial charge >= 0.3 is 0 Å². The molecule has 0 aliphatic heterocycles. The predicted octanol–water partition coefficient (Wildman–Crippen LogP) is 3.75. The molecular weight excluding hydrogens is 284 g/mol. The molecule has 64 valence electrons. The van der Waals surface area contributed by atoms with Crippen LogP contribution in [0.2, 0.25) is 0 Å². The molecule has 0 aromatic heterocycles. The number of benzene rings is 1. The molecule has 0 unspecified atom stereocenters. The maximum absolute atomic E-state index is 5.66. The van der Waals surface area contributed by atoms with Crippen LogP contribution in [0.1, 0.15) is 12.8 Å². The highest BCUT2D eigenvalue weighted by atomic mass is 79.9. The molecule has 1 aromatic carbocycles. The number of rotatable bonds is 2. The molecule has 0 heterocycles. The van der Waals surface area contributed by atoms with Gasteiger partial charge in [0.15, 0.2) is 0 Å². The Morgan fingerprint density at radius 2 is 2.00 bits per heavy atom. The van der Waals surface area contributed by atoms with E-state index in [9.17, 15) is 0 Å². The van der Waals surface area contributed by atoms with Crippen molar-refractivity contribution in [1.82, 2.24) is 0 Å². The van der Waals surface area contributed by atoms with Crippen LogP contribution in [0.5, 0.6) is 5.75 Å². The maximum atomic E-state index is 5.66. The predicted molar refractivity (Wildman–Crippen MR) is 55.5 cm³/mol. The largest absolute Gasteiger partial charge is 0.489 e. The summed E-state index contributed by atoms with van der Waals surface area (Å²) < 4.78 is 7.71. The maximum Gasteiger partial charge on any atom is 0.135 e. The lowest BCUT2D eigenvalue weighted by molar-refractivity contribution is 0.301. The van der Waals surface area contributed by atoms with E-state index in [-0.39, 0.29) is 0 Å². The third-order valence-corrected chi connectivity index (χ3v) is 3.75. The second-order valence-electron chi connectivity index (χ2n) is 2.87. The monoisotopic (exact) mass is 290 g/mol. The van der Waals surface area contributed by atoms with Crippen molar-refractivity contribution in [3.05, 3.63) is 27.1 Å². The van der Waals surface area contributed by atoms with Crippen molar-refractivity contribution < 1.29 is 4.74 Å². The highest BCUT2D eigenvalue weighted by Crippen LogP contribution is 2.36. The first-order valence-corrected chi connectivity index (χ1v) is 5.46. The average molecular weight is 292 g/mol. The minimum atomic E-state index is 0.454. The van der Waals surface area contributed by atoms with Gasteiger partial charge in [-0.15, -0.1) is 0 Å². The van der Waals surface area contributed by atoms with E-state index in [2.05, 4.69) is 31.9 Å². The van der Waals surface area contributed by atoms with Crippen LogP contribution in [0.4, 0.5) is 0 Å². The zero-order valence-electron chi connectivity index (χ0n) is 6.39. The van der Waals surface area contributed by atoms with Gasteiger partial charge in [-0.1, -0.05) is 6.07 Å². The summed E-state index contributed by atoms with van der Waals surface area (Å²) in [6.45, 7) is 0. The van der Waals surface area contributed by atoms with Crippen LogP contribution in [-0.4, -0.2) is 6.10 Å². The topological polar surface area (TPSA) is 9.23 Å². The van der Waals surface area contributed by atoms with Crippen molar-refractivity contribution in [2.45, 2.75) is 18.9 Å². The van der Waals surface area contributed by atoms with Gasteiger partial charge in [0, 0.05) is 4.47 Å². The molecule has 1 saturated carbocycles. The van der Waals surface area contributed by atoms with Gasteiger partial charge in [-0.25, -0.2) is 0 Å². The van der Waals surface area contributed by atoms with Crippen LogP contribution in [0.15, 0.2) is 27.1 Å². The Labute approximate surface area is 88.4 Å². The summed E-state index contributed by atoms with van der Waals surface area (Å²) in [6.07, 6.45) is 2.84. The smallest absolute Gasteiger partial charge is 0.135 e. The normalized spacial score (nSPS) is 16.2. The summed E-state index contributed by atoms with van der Waals surface area (Å²) in [5, 5.41) is 0. The summed E-state index contributed by atoms with van der Waals surface area (Å²) in [6, 6.07) is 5.95. The van der Waals surface area contributed by atoms with Crippen LogP contribution in [0.3, 0.4) is 0 Å². The number of ether oxygens (including phenoxy) is 1. The first-order chi connectivity index (χ1) is 5.77. The standard InChI is InChI=1S/C9H8Br2O/c10-7-2-1-3-8(9(7)11)12-6-4-5-6/h1-3,6H,4-5H2. The Morgan fingerprint density at radius 1 is 1.25 bits per heavy atom. The third-order valence-electron chi connectivity index (χ3n) is 1.73. The van der Waals surface area contributed by atoms with Gasteiger partial charge in [-0.2, -0.15) is 0 Å². The van der Waals surface area contributed by atoms with Crippen LogP contribution in [0.25, 0.3) is 0 Å². The molecule has 12 heavy (non-hydrogen) atoms. The lowest BCUT2D eigenvalue weighted by Crippen LogP contribution is -1.96. The van der Waals surface area contributed by atoms with Crippen molar-refractivity contribution in [3.8, 4) is 5.75 Å². The van der Waals surface area contributed by atoms with E-state index in [0.717, 1.165) is 14.7 Å². The van der Waals surface area contributed by atoms with Gasteiger partial charge < -0.3 is 4.74 Å². The first-order valence-electron chi connectivity index (χ1n) is 3.88. The van der Waals surface area contributed by atoms with Crippen molar-refractivity contribution >= 4 is 31.9 Å². The Hall–Kier alpha value is -0.0200. The summed E-state index contributed by atoms with van der Waals surface area (Å²) in [5.41, 5.74) is 0. The SMILES string of the molecule is Brc1cccc(OC2CC2)c1Br. The van der Waals surface area contributed by atoms with Crippen LogP contribution >= 0.6 is 31.9 Å². The van der Waals surface area contributed by atoms with E-state index in [1.165, 1.54) is 12.8 Å². The minimum Gasteiger partial charge on any atom is -0.489 e. The third kappa shape index (κ3) is 1.83. The molecule has 0 radical (unpaired) electrons. The average Bonchev–Trinajstić information content (AvgIpc) is 2.83. The number of hydrogen-bond acceptors (Lipinski definition) is 1. The van der Waals surface area contributed by atoms with Gasteiger partial charge in [-0.3, -0.25) is 0 Å². The zero-order chi connectivity index (χ0) is 8.55. The number of halogens is 2. The molecule has 0 atom stereocenters. The van der Waals surface area contributed by atoms with Gasteiger partial charge in [0.25, 0.3) is 0 Å². The van der Waals surface area contributed by atoms with Crippen LogP contribution in [0, 0.1) is 0 Å². The van der Waals surface area contributed by atoms with Crippen molar-refractivity contribution in [2.75, 3.05) is 0 Å². The van der Waals surface area contributed by atoms with Gasteiger partial charge in [0.2, 0.25) is 0 Å². The Morgan fingerprint density at radius 3 is 2.67 bits per heavy atom. The summed E-state index contributed by atoms with van der Waals surface area (Å²) >= 11 is 6.89. The Kier molecular flexibility index (Phi) is 2.42. The van der Waals surface area contributed by atoms with E-state index < -0.39 is 0 Å². The highest BCUT2D eigenvalue weighted by molar-refractivity contribution is 9.13. The van der Waals surface area contributed by atoms with Gasteiger partial charge in [0.05, 0.1) is 10.6 Å². The van der Waals surface area contributed by atoms with E-state index >= 15 is 0 Å². The lowest BCUT2D eigenvalue weighted by Gasteiger charge is -2.06. The molecule has 0 amide bonds. The van der Waals surface area contributed by atoms with Crippen molar-refractivity contribution in [2.24, 2.45) is 0 Å². The second-order valence-corrected chi connectivity index (χ2v) is 4.52. The molecular formula is C9H8Br2O. The quantitative estimate of drug-likeness (QED) is 0.806. The van der Waals surface area contributed by atoms with Crippen LogP contribution in [-0.2, 0) is 0 Å². The van der Waals surface area contributed by atoms with Gasteiger partial charge in [0.1, 0.15) is 5.75 Å². The number of hydrogen-bond donors (Lipinski definition) is 0. The van der Waals surface area contributed by atoms with E-state index in [1.807, 2.05) is 18.2 Å². The Balaban J connectivity index is 2.23. The molecule has 1 aliphatic rings. The van der Waals surface area contributed by atoms with E-state index in [0.29, 0.717) is 6.10 Å². The molecule has 0 saturated heterocycles. The molecule has 1 aliphatic carbocycles. The lowest BCUT2D eigenvalue weighted by atomic mass is 10.3. The van der Waals surface area contributed by atoms with Crippen molar-refractivity contribution in [3.63, 3.8) is 0 Å². The molecule has 0 bridgehead atoms. The molecule has 0 spiro atoms. The fourth-order valence-electron chi connectivity index (χ4n) is 0.940. The minimum absolute atomic E-state index is 0.454. The fourth-order valence-corrected chi connectivity index (χ4v) is 1.65. The molecule has 1 fully saturated rings. The first kappa shape index (κ1) is 8.57. The molecule has 3 heteroatoms. The summed E-state index contributed by atoms with van der Waals surface area (Å²) in [4.78, 5) is 0. The van der Waals surface area contributed by atoms with E-state index in [4.69, 9.17) is 4.74 Å². The van der Waals surface area contributed by atoms with Crippen molar-refractivity contribution in [1.29, 1.82) is 0 Å². The Bertz CT molecular complexity index is 295. The highest BCUT2D eigenvalue weighted by Gasteiger charge is 2.24. The molecule has 1 nitrogen and oxygen atoms in total. The van der Waals surface area contributed by atoms with Gasteiger partial charge in [-0.05, 0) is 56.8 Å². The van der Waals surface area contributed by atoms with Crippen LogP contribution < -0.4 is 4.74 Å². The fraction of sp³-hybridized carbons (Fsp3) is 0.333. The molecule has 1 aromatic rings. The summed E-state index contributed by atoms with van der Waals surface area (Å²) in [5.74, 6) is 0.937.